The maximum absolute atomic E-state index is 5.43. The SMILES string of the molecule is CSC(=N[P+](=S)OCCl)N1CCOCC1. The third-order valence-corrected chi connectivity index (χ3v) is 4.17. The monoisotopic (exact) mass is 287 g/mol. The molecule has 0 aliphatic carbocycles. The van der Waals surface area contributed by atoms with Gasteiger partial charge in [0, 0.05) is 17.9 Å². The molecule has 0 bridgehead atoms. The summed E-state index contributed by atoms with van der Waals surface area (Å²) in [5, 5.41) is 0.921. The summed E-state index contributed by atoms with van der Waals surface area (Å²) in [5.41, 5.74) is 0. The Morgan fingerprint density at radius 3 is 2.87 bits per heavy atom. The molecule has 0 amide bonds. The van der Waals surface area contributed by atoms with E-state index >= 15 is 0 Å². The van der Waals surface area contributed by atoms with Gasteiger partial charge in [-0.3, -0.25) is 0 Å². The molecule has 0 saturated carbocycles. The van der Waals surface area contributed by atoms with Crippen LogP contribution in [-0.2, 0) is 21.1 Å². The predicted molar refractivity (Wildman–Crippen MR) is 69.4 cm³/mol. The highest BCUT2D eigenvalue weighted by atomic mass is 35.5. The molecule has 86 valence electrons. The molecule has 0 aromatic heterocycles. The number of hydrogen-bond donors (Lipinski definition) is 0. The second-order valence-electron chi connectivity index (χ2n) is 2.66. The standard InChI is InChI=1S/C7H13ClN2O2PS2/c1-15-7(9-13(14)12-6-8)10-2-4-11-5-3-10/h2-6H2,1H3/q+1. The van der Waals surface area contributed by atoms with Crippen molar-refractivity contribution in [2.45, 2.75) is 0 Å². The number of rotatable bonds is 3. The lowest BCUT2D eigenvalue weighted by Gasteiger charge is -2.27. The fourth-order valence-corrected chi connectivity index (χ4v) is 3.52. The molecule has 1 fully saturated rings. The summed E-state index contributed by atoms with van der Waals surface area (Å²) >= 11 is 12.1. The molecule has 0 aromatic carbocycles. The molecule has 1 unspecified atom stereocenters. The largest absolute Gasteiger partial charge is 0.499 e. The summed E-state index contributed by atoms with van der Waals surface area (Å²) in [7, 11) is -1.21. The van der Waals surface area contributed by atoms with Crippen LogP contribution < -0.4 is 0 Å². The Morgan fingerprint density at radius 2 is 2.33 bits per heavy atom. The van der Waals surface area contributed by atoms with E-state index in [0.717, 1.165) is 31.5 Å². The van der Waals surface area contributed by atoms with Crippen LogP contribution in [0.2, 0.25) is 0 Å². The van der Waals surface area contributed by atoms with Crippen LogP contribution in [0.25, 0.3) is 0 Å². The summed E-state index contributed by atoms with van der Waals surface area (Å²) in [6.45, 7) is 3.20. The van der Waals surface area contributed by atoms with E-state index < -0.39 is 7.07 Å². The summed E-state index contributed by atoms with van der Waals surface area (Å²) in [6, 6.07) is 0.101. The van der Waals surface area contributed by atoms with E-state index in [1.165, 1.54) is 0 Å². The number of morpholine rings is 1. The van der Waals surface area contributed by atoms with Crippen molar-refractivity contribution in [2.75, 3.05) is 38.6 Å². The molecule has 1 rings (SSSR count). The van der Waals surface area contributed by atoms with Crippen LogP contribution >= 0.6 is 30.4 Å². The van der Waals surface area contributed by atoms with E-state index in [1.807, 2.05) is 6.26 Å². The number of hydrogen-bond acceptors (Lipinski definition) is 4. The highest BCUT2D eigenvalue weighted by Gasteiger charge is 2.19. The smallest absolute Gasteiger partial charge is 0.378 e. The topological polar surface area (TPSA) is 34.1 Å². The molecular formula is C7H13ClN2O2PS2+. The van der Waals surface area contributed by atoms with Crippen LogP contribution in [0.1, 0.15) is 0 Å². The third kappa shape index (κ3) is 4.93. The minimum Gasteiger partial charge on any atom is -0.378 e. The van der Waals surface area contributed by atoms with E-state index in [0.29, 0.717) is 0 Å². The van der Waals surface area contributed by atoms with Gasteiger partial charge in [0.1, 0.15) is 0 Å². The molecular weight excluding hydrogens is 275 g/mol. The van der Waals surface area contributed by atoms with Gasteiger partial charge in [-0.25, -0.2) is 0 Å². The average molecular weight is 288 g/mol. The summed E-state index contributed by atoms with van der Waals surface area (Å²) in [5.74, 6) is 0. The Labute approximate surface area is 105 Å². The van der Waals surface area contributed by atoms with E-state index in [2.05, 4.69) is 9.66 Å². The van der Waals surface area contributed by atoms with Gasteiger partial charge in [0.2, 0.25) is 17.0 Å². The first-order chi connectivity index (χ1) is 7.27. The highest BCUT2D eigenvalue weighted by Crippen LogP contribution is 2.27. The van der Waals surface area contributed by atoms with Crippen molar-refractivity contribution in [3.8, 4) is 0 Å². The zero-order chi connectivity index (χ0) is 11.1. The zero-order valence-corrected chi connectivity index (χ0v) is 11.7. The summed E-state index contributed by atoms with van der Waals surface area (Å²) in [6.07, 6.45) is 1.98. The average Bonchev–Trinajstić information content (AvgIpc) is 2.27. The molecule has 1 aliphatic rings. The number of amidine groups is 1. The molecule has 0 radical (unpaired) electrons. The minimum atomic E-state index is -1.21. The number of nitrogens with zero attached hydrogens (tertiary/aromatic N) is 2. The maximum atomic E-state index is 5.43. The minimum absolute atomic E-state index is 0.101. The Hall–Kier alpha value is 0.550. The van der Waals surface area contributed by atoms with Crippen molar-refractivity contribution in [1.82, 2.24) is 4.90 Å². The first-order valence-electron chi connectivity index (χ1n) is 4.39. The van der Waals surface area contributed by atoms with E-state index in [4.69, 9.17) is 32.7 Å². The number of thioether (sulfide) groups is 1. The van der Waals surface area contributed by atoms with E-state index in [-0.39, 0.29) is 6.07 Å². The van der Waals surface area contributed by atoms with Crippen molar-refractivity contribution in [1.29, 1.82) is 0 Å². The molecule has 4 nitrogen and oxygen atoms in total. The fourth-order valence-electron chi connectivity index (χ4n) is 1.13. The fraction of sp³-hybridized carbons (Fsp3) is 0.857. The molecule has 0 N–H and O–H groups in total. The Kier molecular flexibility index (Phi) is 7.05. The van der Waals surface area contributed by atoms with E-state index in [1.54, 1.807) is 11.8 Å². The van der Waals surface area contributed by atoms with Gasteiger partial charge >= 0.3 is 7.07 Å². The molecule has 15 heavy (non-hydrogen) atoms. The van der Waals surface area contributed by atoms with Crippen molar-refractivity contribution < 1.29 is 9.26 Å². The van der Waals surface area contributed by atoms with Crippen LogP contribution in [0.4, 0.5) is 0 Å². The lowest BCUT2D eigenvalue weighted by atomic mass is 10.5. The van der Waals surface area contributed by atoms with Gasteiger partial charge < -0.3 is 9.64 Å². The predicted octanol–water partition coefficient (Wildman–Crippen LogP) is 2.02. The third-order valence-electron chi connectivity index (χ3n) is 1.79. The summed E-state index contributed by atoms with van der Waals surface area (Å²) in [4.78, 5) is 2.16. The van der Waals surface area contributed by atoms with Gasteiger partial charge in [-0.15, -0.1) is 4.52 Å². The Bertz CT molecular complexity index is 249. The summed E-state index contributed by atoms with van der Waals surface area (Å²) < 4.78 is 14.7. The van der Waals surface area contributed by atoms with Crippen LogP contribution in [0, 0.1) is 0 Å². The van der Waals surface area contributed by atoms with Crippen molar-refractivity contribution >= 4 is 47.4 Å². The highest BCUT2D eigenvalue weighted by molar-refractivity contribution is 8.13. The molecule has 1 atom stereocenters. The second-order valence-corrected chi connectivity index (χ2v) is 5.52. The first kappa shape index (κ1) is 13.6. The molecule has 1 heterocycles. The van der Waals surface area contributed by atoms with Crippen LogP contribution in [-0.4, -0.2) is 48.7 Å². The van der Waals surface area contributed by atoms with Gasteiger partial charge in [0.05, 0.1) is 13.2 Å². The molecule has 1 aliphatic heterocycles. The number of ether oxygens (including phenoxy) is 1. The Morgan fingerprint density at radius 1 is 1.67 bits per heavy atom. The molecule has 0 spiro atoms. The van der Waals surface area contributed by atoms with Gasteiger partial charge in [-0.05, 0) is 6.26 Å². The van der Waals surface area contributed by atoms with E-state index in [9.17, 15) is 0 Å². The lowest BCUT2D eigenvalue weighted by Crippen LogP contribution is -2.39. The first-order valence-corrected chi connectivity index (χ1v) is 8.38. The van der Waals surface area contributed by atoms with Gasteiger partial charge in [0.25, 0.3) is 0 Å². The van der Waals surface area contributed by atoms with Crippen molar-refractivity contribution in [3.05, 3.63) is 0 Å². The molecule has 1 saturated heterocycles. The maximum Gasteiger partial charge on any atom is 0.499 e. The Balaban J connectivity index is 2.55. The van der Waals surface area contributed by atoms with Crippen LogP contribution in [0.5, 0.6) is 0 Å². The number of halogens is 1. The lowest BCUT2D eigenvalue weighted by molar-refractivity contribution is 0.0694. The van der Waals surface area contributed by atoms with Crippen molar-refractivity contribution in [2.24, 2.45) is 4.76 Å². The molecule has 8 heteroatoms. The zero-order valence-electron chi connectivity index (χ0n) is 8.39. The van der Waals surface area contributed by atoms with Gasteiger partial charge in [-0.1, -0.05) is 23.4 Å². The second kappa shape index (κ2) is 7.76. The quantitative estimate of drug-likeness (QED) is 0.343. The van der Waals surface area contributed by atoms with Crippen LogP contribution in [0.15, 0.2) is 4.76 Å². The molecule has 0 aromatic rings. The van der Waals surface area contributed by atoms with Crippen molar-refractivity contribution in [3.63, 3.8) is 0 Å². The number of alkyl halides is 1. The van der Waals surface area contributed by atoms with Gasteiger partial charge in [0.15, 0.2) is 6.07 Å². The van der Waals surface area contributed by atoms with Crippen LogP contribution in [0.3, 0.4) is 0 Å². The normalized spacial score (nSPS) is 19.2. The van der Waals surface area contributed by atoms with Gasteiger partial charge in [-0.2, -0.15) is 0 Å².